The zero-order valence-electron chi connectivity index (χ0n) is 10.8. The van der Waals surface area contributed by atoms with Crippen LogP contribution < -0.4 is 4.90 Å². The van der Waals surface area contributed by atoms with E-state index in [1.165, 1.54) is 7.11 Å². The van der Waals surface area contributed by atoms with Crippen molar-refractivity contribution in [1.82, 2.24) is 0 Å². The second-order valence-corrected chi connectivity index (χ2v) is 4.62. The van der Waals surface area contributed by atoms with Crippen LogP contribution in [0.25, 0.3) is 0 Å². The Labute approximate surface area is 107 Å². The minimum atomic E-state index is -0.373. The highest BCUT2D eigenvalue weighted by Crippen LogP contribution is 2.33. The van der Waals surface area contributed by atoms with Crippen LogP contribution in [0, 0.1) is 12.8 Å². The van der Waals surface area contributed by atoms with Crippen molar-refractivity contribution in [2.75, 3.05) is 12.0 Å². The second kappa shape index (κ2) is 4.80. The van der Waals surface area contributed by atoms with Gasteiger partial charge in [0.25, 0.3) is 0 Å². The maximum atomic E-state index is 12.1. The van der Waals surface area contributed by atoms with Gasteiger partial charge in [0.15, 0.2) is 0 Å². The summed E-state index contributed by atoms with van der Waals surface area (Å²) in [6.45, 7) is 3.85. The van der Waals surface area contributed by atoms with Gasteiger partial charge in [-0.3, -0.25) is 9.59 Å². The summed E-state index contributed by atoms with van der Waals surface area (Å²) in [7, 11) is 1.36. The quantitative estimate of drug-likeness (QED) is 0.750. The minimum absolute atomic E-state index is 0.0211. The number of rotatable bonds is 2. The monoisotopic (exact) mass is 247 g/mol. The Morgan fingerprint density at radius 3 is 2.67 bits per heavy atom. The van der Waals surface area contributed by atoms with Crippen LogP contribution in [0.5, 0.6) is 0 Å². The molecule has 0 aromatic heterocycles. The molecule has 1 fully saturated rings. The summed E-state index contributed by atoms with van der Waals surface area (Å²) in [4.78, 5) is 25.4. The van der Waals surface area contributed by atoms with Crippen molar-refractivity contribution < 1.29 is 14.3 Å². The van der Waals surface area contributed by atoms with Crippen molar-refractivity contribution in [1.29, 1.82) is 0 Å². The Morgan fingerprint density at radius 1 is 1.39 bits per heavy atom. The zero-order chi connectivity index (χ0) is 13.3. The lowest BCUT2D eigenvalue weighted by Crippen LogP contribution is -2.35. The highest BCUT2D eigenvalue weighted by molar-refractivity contribution is 6.00. The first kappa shape index (κ1) is 12.6. The number of amides is 1. The first-order valence-electron chi connectivity index (χ1n) is 6.01. The molecule has 1 amide bonds. The smallest absolute Gasteiger partial charge is 0.311 e. The van der Waals surface area contributed by atoms with E-state index in [9.17, 15) is 9.59 Å². The van der Waals surface area contributed by atoms with Gasteiger partial charge in [-0.1, -0.05) is 18.2 Å². The Kier molecular flexibility index (Phi) is 3.36. The number of anilines is 1. The number of nitrogens with zero attached hydrogens (tertiary/aromatic N) is 1. The Balaban J connectivity index is 2.33. The highest BCUT2D eigenvalue weighted by Gasteiger charge is 2.42. The lowest BCUT2D eigenvalue weighted by atomic mass is 10.0. The molecule has 18 heavy (non-hydrogen) atoms. The van der Waals surface area contributed by atoms with Crippen molar-refractivity contribution >= 4 is 17.6 Å². The fourth-order valence-electron chi connectivity index (χ4n) is 2.48. The molecule has 1 aromatic rings. The first-order chi connectivity index (χ1) is 8.56. The van der Waals surface area contributed by atoms with Crippen LogP contribution in [0.15, 0.2) is 24.3 Å². The molecule has 2 atom stereocenters. The van der Waals surface area contributed by atoms with Crippen LogP contribution in [0.2, 0.25) is 0 Å². The van der Waals surface area contributed by atoms with Crippen molar-refractivity contribution in [3.8, 4) is 0 Å². The molecule has 0 saturated carbocycles. The Morgan fingerprint density at radius 2 is 2.06 bits per heavy atom. The van der Waals surface area contributed by atoms with Crippen LogP contribution in [0.1, 0.15) is 18.9 Å². The summed E-state index contributed by atoms with van der Waals surface area (Å²) in [6, 6.07) is 7.53. The summed E-state index contributed by atoms with van der Waals surface area (Å²) in [5.74, 6) is -0.707. The van der Waals surface area contributed by atoms with Crippen molar-refractivity contribution in [3.05, 3.63) is 29.8 Å². The first-order valence-corrected chi connectivity index (χ1v) is 6.01. The van der Waals surface area contributed by atoms with E-state index in [1.807, 2.05) is 38.1 Å². The topological polar surface area (TPSA) is 46.6 Å². The van der Waals surface area contributed by atoms with Gasteiger partial charge in [-0.25, -0.2) is 0 Å². The van der Waals surface area contributed by atoms with E-state index in [1.54, 1.807) is 4.90 Å². The van der Waals surface area contributed by atoms with Crippen molar-refractivity contribution in [2.24, 2.45) is 5.92 Å². The largest absolute Gasteiger partial charge is 0.469 e. The Bertz CT molecular complexity index is 484. The summed E-state index contributed by atoms with van der Waals surface area (Å²) >= 11 is 0. The normalized spacial score (nSPS) is 23.3. The fraction of sp³-hybridized carbons (Fsp3) is 0.429. The van der Waals surface area contributed by atoms with Gasteiger partial charge >= 0.3 is 5.97 Å². The van der Waals surface area contributed by atoms with Crippen LogP contribution in [-0.4, -0.2) is 25.0 Å². The van der Waals surface area contributed by atoms with E-state index >= 15 is 0 Å². The number of ether oxygens (including phenoxy) is 1. The number of para-hydroxylation sites is 1. The molecule has 4 nitrogen and oxygen atoms in total. The van der Waals surface area contributed by atoms with Crippen LogP contribution in [-0.2, 0) is 14.3 Å². The maximum absolute atomic E-state index is 12.1. The van der Waals surface area contributed by atoms with Crippen molar-refractivity contribution in [2.45, 2.75) is 26.3 Å². The summed E-state index contributed by atoms with van der Waals surface area (Å²) in [5.41, 5.74) is 1.91. The standard InChI is InChI=1S/C14H17NO3/c1-9-6-4-5-7-12(9)15-10(2)11(8-13(15)16)14(17)18-3/h4-7,10-11H,8H2,1-3H3. The molecule has 1 aliphatic rings. The predicted molar refractivity (Wildman–Crippen MR) is 68.3 cm³/mol. The average Bonchev–Trinajstić information content (AvgIpc) is 2.65. The minimum Gasteiger partial charge on any atom is -0.469 e. The van der Waals surface area contributed by atoms with E-state index in [-0.39, 0.29) is 30.3 Å². The molecule has 1 saturated heterocycles. The van der Waals surface area contributed by atoms with Crippen LogP contribution >= 0.6 is 0 Å². The van der Waals surface area contributed by atoms with Gasteiger partial charge in [0.05, 0.1) is 13.0 Å². The van der Waals surface area contributed by atoms with Crippen LogP contribution in [0.4, 0.5) is 5.69 Å². The number of benzene rings is 1. The summed E-state index contributed by atoms with van der Waals surface area (Å²) in [6.07, 6.45) is 0.224. The Hall–Kier alpha value is -1.84. The van der Waals surface area contributed by atoms with Gasteiger partial charge in [0, 0.05) is 18.2 Å². The number of aryl methyl sites for hydroxylation is 1. The molecule has 0 N–H and O–H groups in total. The lowest BCUT2D eigenvalue weighted by Gasteiger charge is -2.25. The zero-order valence-corrected chi connectivity index (χ0v) is 10.8. The van der Waals surface area contributed by atoms with E-state index in [0.717, 1.165) is 11.3 Å². The molecule has 1 aliphatic heterocycles. The molecule has 0 spiro atoms. The molecular formula is C14H17NO3. The SMILES string of the molecule is COC(=O)C1CC(=O)N(c2ccccc2C)C1C. The van der Waals surface area contributed by atoms with Gasteiger partial charge in [-0.05, 0) is 25.5 Å². The third-order valence-electron chi connectivity index (χ3n) is 3.53. The molecular weight excluding hydrogens is 230 g/mol. The van der Waals surface area contributed by atoms with E-state index < -0.39 is 0 Å². The van der Waals surface area contributed by atoms with Gasteiger partial charge in [-0.2, -0.15) is 0 Å². The molecule has 4 heteroatoms. The maximum Gasteiger partial charge on any atom is 0.311 e. The molecule has 96 valence electrons. The molecule has 0 bridgehead atoms. The molecule has 2 rings (SSSR count). The number of carbonyl (C=O) groups excluding carboxylic acids is 2. The molecule has 1 aromatic carbocycles. The molecule has 1 heterocycles. The number of carbonyl (C=O) groups is 2. The van der Waals surface area contributed by atoms with Crippen molar-refractivity contribution in [3.63, 3.8) is 0 Å². The second-order valence-electron chi connectivity index (χ2n) is 4.62. The van der Waals surface area contributed by atoms with Crippen LogP contribution in [0.3, 0.4) is 0 Å². The lowest BCUT2D eigenvalue weighted by molar-refractivity contribution is -0.146. The number of methoxy groups -OCH3 is 1. The van der Waals surface area contributed by atoms with Gasteiger partial charge in [0.1, 0.15) is 0 Å². The summed E-state index contributed by atoms with van der Waals surface area (Å²) < 4.78 is 4.75. The average molecular weight is 247 g/mol. The molecule has 0 radical (unpaired) electrons. The molecule has 2 unspecified atom stereocenters. The fourth-order valence-corrected chi connectivity index (χ4v) is 2.48. The van der Waals surface area contributed by atoms with Gasteiger partial charge in [-0.15, -0.1) is 0 Å². The number of hydrogen-bond donors (Lipinski definition) is 0. The number of hydrogen-bond acceptors (Lipinski definition) is 3. The van der Waals surface area contributed by atoms with Gasteiger partial charge < -0.3 is 9.64 Å². The van der Waals surface area contributed by atoms with E-state index in [2.05, 4.69) is 0 Å². The predicted octanol–water partition coefficient (Wildman–Crippen LogP) is 1.91. The highest BCUT2D eigenvalue weighted by atomic mass is 16.5. The molecule has 0 aliphatic carbocycles. The van der Waals surface area contributed by atoms with Gasteiger partial charge in [0.2, 0.25) is 5.91 Å². The summed E-state index contributed by atoms with van der Waals surface area (Å²) in [5, 5.41) is 0. The third kappa shape index (κ3) is 1.98. The third-order valence-corrected chi connectivity index (χ3v) is 3.53. The van der Waals surface area contributed by atoms with E-state index in [0.29, 0.717) is 0 Å². The van der Waals surface area contributed by atoms with E-state index in [4.69, 9.17) is 4.74 Å². The number of esters is 1.